The van der Waals surface area contributed by atoms with E-state index in [2.05, 4.69) is 88.1 Å². The summed E-state index contributed by atoms with van der Waals surface area (Å²) in [6, 6.07) is 28.1. The van der Waals surface area contributed by atoms with Gasteiger partial charge in [-0.15, -0.1) is 0 Å². The average Bonchev–Trinajstić information content (AvgIpc) is 3.55. The number of benzene rings is 3. The standard InChI is InChI=1S/C28H24N4/c1-2-8-18(9-3-1)25-17-29-27(31-25)24-14-22-21-12-6-7-13-23(21)30-26(22)28(32-24)15-19-10-4-5-11-20(19)16-28/h1-13,17,24,30,32H,14-16H2,(H,29,31)/t24-/m0/s1. The molecule has 0 saturated heterocycles. The summed E-state index contributed by atoms with van der Waals surface area (Å²) in [7, 11) is 0. The summed E-state index contributed by atoms with van der Waals surface area (Å²) >= 11 is 0. The van der Waals surface area contributed by atoms with E-state index in [-0.39, 0.29) is 11.6 Å². The van der Waals surface area contributed by atoms with Gasteiger partial charge in [-0.1, -0.05) is 72.8 Å². The molecule has 1 aliphatic carbocycles. The molecule has 2 aromatic heterocycles. The van der Waals surface area contributed by atoms with Crippen LogP contribution >= 0.6 is 0 Å². The van der Waals surface area contributed by atoms with Crippen LogP contribution in [0.5, 0.6) is 0 Å². The van der Waals surface area contributed by atoms with E-state index in [0.29, 0.717) is 0 Å². The summed E-state index contributed by atoms with van der Waals surface area (Å²) in [5.41, 5.74) is 8.97. The van der Waals surface area contributed by atoms with Gasteiger partial charge in [0.2, 0.25) is 0 Å². The smallest absolute Gasteiger partial charge is 0.124 e. The number of H-pyrrole nitrogens is 2. The van der Waals surface area contributed by atoms with Gasteiger partial charge in [-0.05, 0) is 47.6 Å². The van der Waals surface area contributed by atoms with Crippen LogP contribution < -0.4 is 5.32 Å². The lowest BCUT2D eigenvalue weighted by Gasteiger charge is -2.39. The van der Waals surface area contributed by atoms with Crippen molar-refractivity contribution in [2.75, 3.05) is 0 Å². The Labute approximate surface area is 186 Å². The zero-order valence-electron chi connectivity index (χ0n) is 17.7. The van der Waals surface area contributed by atoms with Crippen molar-refractivity contribution in [2.24, 2.45) is 0 Å². The minimum atomic E-state index is -0.138. The maximum absolute atomic E-state index is 4.83. The van der Waals surface area contributed by atoms with Gasteiger partial charge in [0.25, 0.3) is 0 Å². The molecule has 0 unspecified atom stereocenters. The van der Waals surface area contributed by atoms with Crippen LogP contribution in [-0.4, -0.2) is 15.0 Å². The van der Waals surface area contributed by atoms with Crippen molar-refractivity contribution in [1.82, 2.24) is 20.3 Å². The molecule has 1 aliphatic heterocycles. The highest BCUT2D eigenvalue weighted by Crippen LogP contribution is 2.46. The number of para-hydroxylation sites is 1. The molecule has 1 atom stereocenters. The van der Waals surface area contributed by atoms with Crippen molar-refractivity contribution >= 4 is 10.9 Å². The van der Waals surface area contributed by atoms with Crippen LogP contribution in [0.1, 0.15) is 34.3 Å². The van der Waals surface area contributed by atoms with Gasteiger partial charge in [0, 0.05) is 16.6 Å². The second-order valence-electron chi connectivity index (χ2n) is 9.18. The summed E-state index contributed by atoms with van der Waals surface area (Å²) in [5.74, 6) is 1.01. The van der Waals surface area contributed by atoms with E-state index in [1.165, 1.54) is 33.3 Å². The largest absolute Gasteiger partial charge is 0.357 e. The molecule has 156 valence electrons. The fraction of sp³-hybridized carbons (Fsp3) is 0.179. The fourth-order valence-corrected chi connectivity index (χ4v) is 5.82. The van der Waals surface area contributed by atoms with Gasteiger partial charge in [0.15, 0.2) is 0 Å². The minimum Gasteiger partial charge on any atom is -0.357 e. The molecule has 0 amide bonds. The Morgan fingerprint density at radius 1 is 0.781 bits per heavy atom. The first kappa shape index (κ1) is 18.0. The maximum Gasteiger partial charge on any atom is 0.124 e. The van der Waals surface area contributed by atoms with E-state index in [9.17, 15) is 0 Å². The summed E-state index contributed by atoms with van der Waals surface area (Å²) in [5, 5.41) is 5.38. The zero-order valence-corrected chi connectivity index (χ0v) is 17.7. The van der Waals surface area contributed by atoms with Crippen molar-refractivity contribution < 1.29 is 0 Å². The van der Waals surface area contributed by atoms with E-state index in [1.54, 1.807) is 0 Å². The third-order valence-corrected chi connectivity index (χ3v) is 7.26. The van der Waals surface area contributed by atoms with Gasteiger partial charge in [0.1, 0.15) is 5.82 Å². The predicted molar refractivity (Wildman–Crippen MR) is 127 cm³/mol. The summed E-state index contributed by atoms with van der Waals surface area (Å²) in [4.78, 5) is 12.2. The van der Waals surface area contributed by atoms with Gasteiger partial charge >= 0.3 is 0 Å². The van der Waals surface area contributed by atoms with Gasteiger partial charge < -0.3 is 9.97 Å². The molecule has 0 radical (unpaired) electrons. The normalized spacial score (nSPS) is 18.7. The highest BCUT2D eigenvalue weighted by atomic mass is 15.1. The molecule has 7 rings (SSSR count). The van der Waals surface area contributed by atoms with Gasteiger partial charge in [-0.3, -0.25) is 5.32 Å². The topological polar surface area (TPSA) is 56.5 Å². The highest BCUT2D eigenvalue weighted by molar-refractivity contribution is 5.85. The molecule has 2 aliphatic rings. The highest BCUT2D eigenvalue weighted by Gasteiger charge is 2.46. The Kier molecular flexibility index (Phi) is 3.76. The quantitative estimate of drug-likeness (QED) is 0.359. The molecular formula is C28H24N4. The lowest BCUT2D eigenvalue weighted by molar-refractivity contribution is 0.266. The Balaban J connectivity index is 1.35. The van der Waals surface area contributed by atoms with Gasteiger partial charge in [-0.2, -0.15) is 0 Å². The number of aromatic nitrogens is 3. The molecule has 0 saturated carbocycles. The van der Waals surface area contributed by atoms with Crippen molar-refractivity contribution in [3.05, 3.63) is 113 Å². The average molecular weight is 417 g/mol. The maximum atomic E-state index is 4.83. The molecule has 3 aromatic carbocycles. The third-order valence-electron chi connectivity index (χ3n) is 7.26. The lowest BCUT2D eigenvalue weighted by Crippen LogP contribution is -2.50. The number of nitrogens with zero attached hydrogens (tertiary/aromatic N) is 1. The van der Waals surface area contributed by atoms with Crippen LogP contribution in [0, 0.1) is 0 Å². The van der Waals surface area contributed by atoms with E-state index in [4.69, 9.17) is 4.98 Å². The van der Waals surface area contributed by atoms with Crippen LogP contribution in [0.15, 0.2) is 85.1 Å². The summed E-state index contributed by atoms with van der Waals surface area (Å²) in [6.45, 7) is 0. The molecular weight excluding hydrogens is 392 g/mol. The number of aromatic amines is 2. The molecule has 5 aromatic rings. The van der Waals surface area contributed by atoms with Crippen LogP contribution in [0.2, 0.25) is 0 Å². The zero-order chi connectivity index (χ0) is 21.1. The lowest BCUT2D eigenvalue weighted by atomic mass is 9.81. The van der Waals surface area contributed by atoms with Crippen molar-refractivity contribution in [3.63, 3.8) is 0 Å². The van der Waals surface area contributed by atoms with Crippen LogP contribution in [0.25, 0.3) is 22.2 Å². The van der Waals surface area contributed by atoms with Crippen LogP contribution in [0.4, 0.5) is 0 Å². The SMILES string of the molecule is c1ccc(-c2cnc([C@@H]3Cc4c([nH]c5ccccc45)C4(Cc5ccccc5C4)N3)[nH]2)cc1. The third kappa shape index (κ3) is 2.63. The van der Waals surface area contributed by atoms with E-state index < -0.39 is 0 Å². The Hall–Kier alpha value is -3.63. The Bertz CT molecular complexity index is 1420. The molecule has 4 heteroatoms. The van der Waals surface area contributed by atoms with Gasteiger partial charge in [-0.25, -0.2) is 4.98 Å². The number of rotatable bonds is 2. The number of imidazole rings is 1. The van der Waals surface area contributed by atoms with Gasteiger partial charge in [0.05, 0.1) is 23.5 Å². The van der Waals surface area contributed by atoms with Crippen molar-refractivity contribution in [3.8, 4) is 11.3 Å². The molecule has 32 heavy (non-hydrogen) atoms. The van der Waals surface area contributed by atoms with E-state index >= 15 is 0 Å². The van der Waals surface area contributed by atoms with Crippen molar-refractivity contribution in [1.29, 1.82) is 0 Å². The predicted octanol–water partition coefficient (Wildman–Crippen LogP) is 5.44. The Morgan fingerprint density at radius 3 is 2.31 bits per heavy atom. The monoisotopic (exact) mass is 416 g/mol. The first-order chi connectivity index (χ1) is 15.8. The van der Waals surface area contributed by atoms with Crippen molar-refractivity contribution in [2.45, 2.75) is 30.8 Å². The molecule has 3 heterocycles. The van der Waals surface area contributed by atoms with E-state index in [0.717, 1.165) is 36.3 Å². The molecule has 3 N–H and O–H groups in total. The second-order valence-corrected chi connectivity index (χ2v) is 9.18. The number of nitrogens with one attached hydrogen (secondary N) is 3. The number of fused-ring (bicyclic) bond motifs is 5. The fourth-order valence-electron chi connectivity index (χ4n) is 5.82. The molecule has 0 bridgehead atoms. The number of hydrogen-bond acceptors (Lipinski definition) is 2. The van der Waals surface area contributed by atoms with E-state index in [1.807, 2.05) is 12.3 Å². The molecule has 4 nitrogen and oxygen atoms in total. The Morgan fingerprint density at radius 2 is 1.50 bits per heavy atom. The first-order valence-electron chi connectivity index (χ1n) is 11.3. The van der Waals surface area contributed by atoms with Crippen LogP contribution in [0.3, 0.4) is 0 Å². The number of hydrogen-bond donors (Lipinski definition) is 3. The minimum absolute atomic E-state index is 0.133. The molecule has 0 fully saturated rings. The van der Waals surface area contributed by atoms with Crippen LogP contribution in [-0.2, 0) is 24.8 Å². The molecule has 1 spiro atoms. The summed E-state index contributed by atoms with van der Waals surface area (Å²) in [6.07, 6.45) is 4.86. The second kappa shape index (κ2) is 6.68. The first-order valence-corrected chi connectivity index (χ1v) is 11.3. The summed E-state index contributed by atoms with van der Waals surface area (Å²) < 4.78 is 0.